The summed E-state index contributed by atoms with van der Waals surface area (Å²) in [5.41, 5.74) is 0.681. The topological polar surface area (TPSA) is 86.5 Å². The normalized spacial score (nSPS) is 11.5. The second-order valence-corrected chi connectivity index (χ2v) is 6.28. The van der Waals surface area contributed by atoms with E-state index in [-0.39, 0.29) is 10.8 Å². The SMILES string of the molecule is CCCc1cc(S(N)(=O)=O)sc1C(=O)OCC. The van der Waals surface area contributed by atoms with Gasteiger partial charge in [0, 0.05) is 0 Å². The van der Waals surface area contributed by atoms with E-state index in [1.807, 2.05) is 6.92 Å². The van der Waals surface area contributed by atoms with Crippen molar-refractivity contribution in [2.24, 2.45) is 5.14 Å². The molecule has 1 heterocycles. The van der Waals surface area contributed by atoms with Gasteiger partial charge in [-0.15, -0.1) is 11.3 Å². The van der Waals surface area contributed by atoms with Crippen LogP contribution in [0.2, 0.25) is 0 Å². The fourth-order valence-corrected chi connectivity index (χ4v) is 3.23. The Morgan fingerprint density at radius 2 is 2.12 bits per heavy atom. The summed E-state index contributed by atoms with van der Waals surface area (Å²) in [5, 5.41) is 5.04. The molecule has 1 rings (SSSR count). The molecule has 0 aliphatic rings. The molecule has 0 bridgehead atoms. The van der Waals surface area contributed by atoms with Crippen LogP contribution in [0, 0.1) is 0 Å². The average Bonchev–Trinajstić information content (AvgIpc) is 2.62. The lowest BCUT2D eigenvalue weighted by Gasteiger charge is -2.01. The number of aryl methyl sites for hydroxylation is 1. The van der Waals surface area contributed by atoms with Gasteiger partial charge < -0.3 is 4.74 Å². The first-order chi connectivity index (χ1) is 7.90. The third-order valence-corrected chi connectivity index (χ3v) is 4.62. The van der Waals surface area contributed by atoms with E-state index < -0.39 is 16.0 Å². The fraction of sp³-hybridized carbons (Fsp3) is 0.500. The van der Waals surface area contributed by atoms with Crippen molar-refractivity contribution in [3.8, 4) is 0 Å². The Kier molecular flexibility index (Phi) is 4.67. The molecule has 5 nitrogen and oxygen atoms in total. The summed E-state index contributed by atoms with van der Waals surface area (Å²) >= 11 is 0.867. The molecular weight excluding hydrogens is 262 g/mol. The van der Waals surface area contributed by atoms with Gasteiger partial charge in [-0.25, -0.2) is 18.4 Å². The first-order valence-corrected chi connectivity index (χ1v) is 7.59. The molecule has 1 aromatic heterocycles. The number of hydrogen-bond acceptors (Lipinski definition) is 5. The van der Waals surface area contributed by atoms with Crippen LogP contribution in [0.25, 0.3) is 0 Å². The Morgan fingerprint density at radius 3 is 2.59 bits per heavy atom. The van der Waals surface area contributed by atoms with Gasteiger partial charge in [0.1, 0.15) is 9.09 Å². The largest absolute Gasteiger partial charge is 0.462 e. The van der Waals surface area contributed by atoms with Gasteiger partial charge in [0.2, 0.25) is 10.0 Å². The lowest BCUT2D eigenvalue weighted by atomic mass is 10.1. The van der Waals surface area contributed by atoms with Gasteiger partial charge >= 0.3 is 5.97 Å². The quantitative estimate of drug-likeness (QED) is 0.827. The summed E-state index contributed by atoms with van der Waals surface area (Å²) in [5.74, 6) is -0.490. The highest BCUT2D eigenvalue weighted by Crippen LogP contribution is 2.27. The van der Waals surface area contributed by atoms with Crippen molar-refractivity contribution in [1.82, 2.24) is 0 Å². The Balaban J connectivity index is 3.18. The van der Waals surface area contributed by atoms with Crippen LogP contribution in [0.3, 0.4) is 0 Å². The second kappa shape index (κ2) is 5.61. The van der Waals surface area contributed by atoms with Crippen LogP contribution < -0.4 is 5.14 Å². The maximum atomic E-state index is 11.6. The Hall–Kier alpha value is -0.920. The number of carbonyl (C=O) groups excluding carboxylic acids is 1. The molecule has 0 unspecified atom stereocenters. The minimum absolute atomic E-state index is 0.00371. The molecule has 17 heavy (non-hydrogen) atoms. The number of carbonyl (C=O) groups is 1. The number of nitrogens with two attached hydrogens (primary N) is 1. The maximum Gasteiger partial charge on any atom is 0.348 e. The fourth-order valence-electron chi connectivity index (χ4n) is 1.37. The monoisotopic (exact) mass is 277 g/mol. The van der Waals surface area contributed by atoms with Gasteiger partial charge in [0.05, 0.1) is 6.61 Å². The van der Waals surface area contributed by atoms with Gasteiger partial charge in [-0.3, -0.25) is 0 Å². The summed E-state index contributed by atoms with van der Waals surface area (Å²) in [6.45, 7) is 3.90. The smallest absolute Gasteiger partial charge is 0.348 e. The Labute approximate surface area is 105 Å². The number of rotatable bonds is 5. The predicted molar refractivity (Wildman–Crippen MR) is 65.6 cm³/mol. The van der Waals surface area contributed by atoms with Crippen molar-refractivity contribution in [3.63, 3.8) is 0 Å². The van der Waals surface area contributed by atoms with Crippen LogP contribution in [-0.4, -0.2) is 21.0 Å². The zero-order chi connectivity index (χ0) is 13.1. The highest BCUT2D eigenvalue weighted by Gasteiger charge is 2.21. The standard InChI is InChI=1S/C10H15NO4S2/c1-3-5-7-6-8(17(11,13)14)16-9(7)10(12)15-4-2/h6H,3-5H2,1-2H3,(H2,11,13,14). The molecule has 0 fully saturated rings. The lowest BCUT2D eigenvalue weighted by Crippen LogP contribution is -2.10. The third-order valence-electron chi connectivity index (χ3n) is 2.05. The summed E-state index contributed by atoms with van der Waals surface area (Å²) < 4.78 is 27.3. The van der Waals surface area contributed by atoms with E-state index >= 15 is 0 Å². The molecule has 0 saturated heterocycles. The number of sulfonamides is 1. The molecule has 0 spiro atoms. The van der Waals surface area contributed by atoms with E-state index in [1.54, 1.807) is 6.92 Å². The zero-order valence-corrected chi connectivity index (χ0v) is 11.4. The van der Waals surface area contributed by atoms with Crippen molar-refractivity contribution in [3.05, 3.63) is 16.5 Å². The molecule has 0 saturated carbocycles. The number of thiophene rings is 1. The van der Waals surface area contributed by atoms with Crippen molar-refractivity contribution in [2.45, 2.75) is 30.9 Å². The lowest BCUT2D eigenvalue weighted by molar-refractivity contribution is 0.0531. The molecule has 1 aromatic rings. The summed E-state index contributed by atoms with van der Waals surface area (Å²) in [6, 6.07) is 1.45. The van der Waals surface area contributed by atoms with Gasteiger partial charge in [-0.1, -0.05) is 13.3 Å². The molecule has 7 heteroatoms. The second-order valence-electron chi connectivity index (χ2n) is 3.44. The van der Waals surface area contributed by atoms with Crippen LogP contribution in [0.5, 0.6) is 0 Å². The van der Waals surface area contributed by atoms with Crippen LogP contribution in [0.4, 0.5) is 0 Å². The molecule has 2 N–H and O–H groups in total. The zero-order valence-electron chi connectivity index (χ0n) is 9.73. The van der Waals surface area contributed by atoms with Crippen molar-refractivity contribution >= 4 is 27.3 Å². The third kappa shape index (κ3) is 3.52. The molecule has 0 aliphatic carbocycles. The van der Waals surface area contributed by atoms with Gasteiger partial charge in [0.15, 0.2) is 0 Å². The van der Waals surface area contributed by atoms with E-state index in [1.165, 1.54) is 6.07 Å². The van der Waals surface area contributed by atoms with Gasteiger partial charge in [0.25, 0.3) is 0 Å². The molecule has 0 aliphatic heterocycles. The average molecular weight is 277 g/mol. The molecule has 0 radical (unpaired) electrons. The predicted octanol–water partition coefficient (Wildman–Crippen LogP) is 1.52. The van der Waals surface area contributed by atoms with E-state index in [4.69, 9.17) is 9.88 Å². The number of esters is 1. The maximum absolute atomic E-state index is 11.6. The van der Waals surface area contributed by atoms with Crippen LogP contribution >= 0.6 is 11.3 Å². The molecule has 0 amide bonds. The Morgan fingerprint density at radius 1 is 1.47 bits per heavy atom. The van der Waals surface area contributed by atoms with E-state index in [9.17, 15) is 13.2 Å². The summed E-state index contributed by atoms with van der Waals surface area (Å²) in [7, 11) is -3.76. The number of hydrogen-bond donors (Lipinski definition) is 1. The highest BCUT2D eigenvalue weighted by atomic mass is 32.2. The Bertz CT molecular complexity index is 504. The van der Waals surface area contributed by atoms with Crippen LogP contribution in [0.15, 0.2) is 10.3 Å². The first kappa shape index (κ1) is 14.1. The van der Waals surface area contributed by atoms with Gasteiger partial charge in [-0.05, 0) is 25.0 Å². The van der Waals surface area contributed by atoms with Crippen molar-refractivity contribution in [1.29, 1.82) is 0 Å². The van der Waals surface area contributed by atoms with Crippen LogP contribution in [0.1, 0.15) is 35.5 Å². The van der Waals surface area contributed by atoms with Crippen LogP contribution in [-0.2, 0) is 21.2 Å². The number of ether oxygens (including phenoxy) is 1. The minimum atomic E-state index is -3.76. The molecule has 96 valence electrons. The molecular formula is C10H15NO4S2. The van der Waals surface area contributed by atoms with E-state index in [2.05, 4.69) is 0 Å². The molecule has 0 atom stereocenters. The molecule has 0 aromatic carbocycles. The first-order valence-electron chi connectivity index (χ1n) is 5.22. The number of primary sulfonamides is 1. The van der Waals surface area contributed by atoms with E-state index in [0.29, 0.717) is 16.9 Å². The highest BCUT2D eigenvalue weighted by molar-refractivity contribution is 7.91. The summed E-state index contributed by atoms with van der Waals surface area (Å²) in [4.78, 5) is 12.0. The van der Waals surface area contributed by atoms with Crippen molar-refractivity contribution < 1.29 is 17.9 Å². The van der Waals surface area contributed by atoms with E-state index in [0.717, 1.165) is 17.8 Å². The van der Waals surface area contributed by atoms with Gasteiger partial charge in [-0.2, -0.15) is 0 Å². The van der Waals surface area contributed by atoms with Crippen molar-refractivity contribution in [2.75, 3.05) is 6.61 Å². The summed E-state index contributed by atoms with van der Waals surface area (Å²) in [6.07, 6.45) is 1.44. The minimum Gasteiger partial charge on any atom is -0.462 e.